The lowest BCUT2D eigenvalue weighted by Crippen LogP contribution is -2.31. The Bertz CT molecular complexity index is 1750. The molecule has 0 heterocycles. The van der Waals surface area contributed by atoms with Crippen LogP contribution in [0, 0.1) is 11.3 Å². The van der Waals surface area contributed by atoms with Gasteiger partial charge >= 0.3 is 5.66 Å². The summed E-state index contributed by atoms with van der Waals surface area (Å²) in [5.74, 6) is 0. The van der Waals surface area contributed by atoms with Crippen LogP contribution in [-0.2, 0) is 38.2 Å². The first-order valence-corrected chi connectivity index (χ1v) is 15.6. The van der Waals surface area contributed by atoms with Crippen molar-refractivity contribution in [3.63, 3.8) is 0 Å². The number of benzene rings is 4. The zero-order valence-corrected chi connectivity index (χ0v) is 26.0. The minimum atomic E-state index is -4.21. The van der Waals surface area contributed by atoms with Gasteiger partial charge in [0.1, 0.15) is 0 Å². The normalized spacial score (nSPS) is 12.3. The second-order valence-corrected chi connectivity index (χ2v) is 12.6. The molecule has 0 aromatic heterocycles. The predicted octanol–water partition coefficient (Wildman–Crippen LogP) is 7.77. The molecule has 0 fully saturated rings. The van der Waals surface area contributed by atoms with E-state index in [9.17, 15) is 32.1 Å². The van der Waals surface area contributed by atoms with E-state index in [0.717, 1.165) is 17.2 Å². The molecule has 0 aliphatic heterocycles. The second-order valence-electron chi connectivity index (χ2n) is 9.51. The lowest BCUT2D eigenvalue weighted by molar-refractivity contribution is -0.214. The fourth-order valence-electron chi connectivity index (χ4n) is 4.35. The maximum Gasteiger partial charge on any atom is 0.351 e. The highest BCUT2D eigenvalue weighted by molar-refractivity contribution is 7.89. The number of hydrogen-bond acceptors (Lipinski definition) is 7. The maximum atomic E-state index is 14.0. The molecule has 230 valence electrons. The highest BCUT2D eigenvalue weighted by atomic mass is 35.5. The van der Waals surface area contributed by atoms with Gasteiger partial charge in [0.2, 0.25) is 18.5 Å². The van der Waals surface area contributed by atoms with Gasteiger partial charge < -0.3 is 5.11 Å². The van der Waals surface area contributed by atoms with Crippen LogP contribution in [-0.4, -0.2) is 30.2 Å². The molecule has 0 spiro atoms. The molecule has 1 unspecified atom stereocenters. The van der Waals surface area contributed by atoms with Crippen molar-refractivity contribution in [1.82, 2.24) is 4.31 Å². The summed E-state index contributed by atoms with van der Waals surface area (Å²) in [7, 11) is -4.43. The molecule has 1 atom stereocenters. The Balaban J connectivity index is 0.00000169. The Labute approximate surface area is 260 Å². The molecule has 4 aromatic carbocycles. The summed E-state index contributed by atoms with van der Waals surface area (Å²) in [6.07, 6.45) is -1.06. The molecule has 0 radical (unpaired) electrons. The fraction of sp³-hybridized carbons (Fsp3) is 0.194. The minimum Gasteiger partial charge on any atom is -0.389 e. The lowest BCUT2D eigenvalue weighted by Gasteiger charge is -2.25. The van der Waals surface area contributed by atoms with Gasteiger partial charge in [0.05, 0.1) is 40.3 Å². The summed E-state index contributed by atoms with van der Waals surface area (Å²) >= 11 is 6.09. The molecule has 8 nitrogen and oxygen atoms in total. The maximum absolute atomic E-state index is 14.0. The number of halogens is 3. The summed E-state index contributed by atoms with van der Waals surface area (Å²) in [4.78, 5) is 3.17. The Hall–Kier alpha value is -3.59. The van der Waals surface area contributed by atoms with Crippen molar-refractivity contribution in [2.45, 2.75) is 36.7 Å². The number of aliphatic hydroxyl groups excluding tert-OH is 1. The topological polar surface area (TPSA) is 128 Å². The van der Waals surface area contributed by atoms with Gasteiger partial charge in [-0.3, -0.25) is 9.82 Å². The molecule has 0 aliphatic carbocycles. The number of sulfonamides is 1. The van der Waals surface area contributed by atoms with Gasteiger partial charge in [-0.15, -0.1) is 0 Å². The Kier molecular flexibility index (Phi) is 12.2. The van der Waals surface area contributed by atoms with Crippen molar-refractivity contribution in [2.24, 2.45) is 0 Å². The van der Waals surface area contributed by atoms with Crippen LogP contribution < -0.4 is 0 Å². The number of aliphatic hydroxyl groups is 1. The van der Waals surface area contributed by atoms with Crippen LogP contribution >= 0.6 is 20.1 Å². The highest BCUT2D eigenvalue weighted by Gasteiger charge is 2.35. The van der Waals surface area contributed by atoms with Crippen LogP contribution in [0.1, 0.15) is 40.8 Å². The third-order valence-electron chi connectivity index (χ3n) is 6.46. The van der Waals surface area contributed by atoms with Crippen LogP contribution in [0.15, 0.2) is 95.9 Å². The first kappa shape index (κ1) is 34.9. The van der Waals surface area contributed by atoms with Gasteiger partial charge in [0, 0.05) is 18.7 Å². The number of alkyl halides is 2. The second kappa shape index (κ2) is 15.4. The quantitative estimate of drug-likeness (QED) is 0.101. The third-order valence-corrected chi connectivity index (χ3v) is 9.10. The molecule has 0 bridgehead atoms. The molecule has 44 heavy (non-hydrogen) atoms. The van der Waals surface area contributed by atoms with E-state index in [0.29, 0.717) is 16.7 Å². The number of nitriles is 1. The van der Waals surface area contributed by atoms with Gasteiger partial charge in [-0.1, -0.05) is 78.3 Å². The van der Waals surface area contributed by atoms with Crippen molar-refractivity contribution in [1.29, 1.82) is 5.26 Å². The van der Waals surface area contributed by atoms with Crippen LogP contribution in [0.3, 0.4) is 0 Å². The third kappa shape index (κ3) is 8.52. The van der Waals surface area contributed by atoms with Crippen molar-refractivity contribution < 1.29 is 37.0 Å². The van der Waals surface area contributed by atoms with Crippen molar-refractivity contribution in [3.8, 4) is 17.2 Å². The van der Waals surface area contributed by atoms with E-state index in [1.165, 1.54) is 42.6 Å². The van der Waals surface area contributed by atoms with Gasteiger partial charge in [0.15, 0.2) is 0 Å². The zero-order valence-electron chi connectivity index (χ0n) is 23.6. The highest BCUT2D eigenvalue weighted by Crippen LogP contribution is 2.42. The fourth-order valence-corrected chi connectivity index (χ4v) is 6.74. The van der Waals surface area contributed by atoms with Crippen LogP contribution in [0.5, 0.6) is 0 Å². The SMILES string of the molecule is CC(O)c1ccccc1S(=O)(=O)N(Cc1ccc(-c2cccc(C#N)c2)cc1)Cc1ccc(C(F)(F)P=O)c(Cl)c1.COO. The molecule has 13 heteroatoms. The summed E-state index contributed by atoms with van der Waals surface area (Å²) in [6.45, 7) is 1.17. The van der Waals surface area contributed by atoms with E-state index < -0.39 is 35.8 Å². The summed E-state index contributed by atoms with van der Waals surface area (Å²) in [6, 6.07) is 26.0. The Morgan fingerprint density at radius 2 is 1.59 bits per heavy atom. The van der Waals surface area contributed by atoms with E-state index in [4.69, 9.17) is 16.9 Å². The van der Waals surface area contributed by atoms with Gasteiger partial charge in [-0.05, 0) is 53.4 Å². The van der Waals surface area contributed by atoms with Crippen LogP contribution in [0.2, 0.25) is 5.02 Å². The zero-order chi connectivity index (χ0) is 32.5. The van der Waals surface area contributed by atoms with E-state index in [1.807, 2.05) is 18.2 Å². The van der Waals surface area contributed by atoms with E-state index in [-0.39, 0.29) is 28.6 Å². The molecule has 0 aliphatic rings. The average Bonchev–Trinajstić information content (AvgIpc) is 3.01. The molecule has 4 aromatic rings. The molecule has 0 saturated carbocycles. The van der Waals surface area contributed by atoms with E-state index in [1.54, 1.807) is 42.5 Å². The first-order chi connectivity index (χ1) is 20.9. The first-order valence-electron chi connectivity index (χ1n) is 12.9. The molecular formula is C31H28ClF2N2O6PS. The molecule has 0 amide bonds. The Morgan fingerprint density at radius 3 is 2.18 bits per heavy atom. The Morgan fingerprint density at radius 1 is 0.977 bits per heavy atom. The van der Waals surface area contributed by atoms with Crippen LogP contribution in [0.25, 0.3) is 11.1 Å². The standard InChI is InChI=1S/C30H24ClF2N2O4PS.CH4O2/c1-20(36)26-7-2-3-8-29(26)41(38,39)35(19-23-11-14-27(28(31)16-23)30(32,33)40-37)18-21-9-12-24(13-10-21)25-6-4-5-22(15-25)17-34;1-3-2/h2-16,20,36H,18-19H2,1H3;2H,1H3. The minimum absolute atomic E-state index is 0.0797. The van der Waals surface area contributed by atoms with Crippen LogP contribution in [0.4, 0.5) is 8.78 Å². The smallest absolute Gasteiger partial charge is 0.351 e. The summed E-state index contributed by atoms with van der Waals surface area (Å²) in [5, 5.41) is 26.2. The average molecular weight is 661 g/mol. The number of rotatable bonds is 10. The van der Waals surface area contributed by atoms with E-state index >= 15 is 0 Å². The largest absolute Gasteiger partial charge is 0.389 e. The summed E-state index contributed by atoms with van der Waals surface area (Å²) < 4.78 is 68.1. The lowest BCUT2D eigenvalue weighted by atomic mass is 10.0. The van der Waals surface area contributed by atoms with E-state index in [2.05, 4.69) is 11.0 Å². The molecule has 4 rings (SSSR count). The molecule has 0 saturated heterocycles. The van der Waals surface area contributed by atoms with Crippen molar-refractivity contribution >= 4 is 30.1 Å². The molecule has 2 N–H and O–H groups in total. The predicted molar refractivity (Wildman–Crippen MR) is 163 cm³/mol. The summed E-state index contributed by atoms with van der Waals surface area (Å²) in [5.41, 5.74) is -0.958. The monoisotopic (exact) mass is 660 g/mol. The van der Waals surface area contributed by atoms with Gasteiger partial charge in [0.25, 0.3) is 0 Å². The number of nitrogens with zero attached hydrogens (tertiary/aromatic N) is 2. The van der Waals surface area contributed by atoms with Gasteiger partial charge in [-0.25, -0.2) is 13.3 Å². The number of hydrogen-bond donors (Lipinski definition) is 2. The van der Waals surface area contributed by atoms with Gasteiger partial charge in [-0.2, -0.15) is 18.3 Å². The van der Waals surface area contributed by atoms with Crippen molar-refractivity contribution in [2.75, 3.05) is 7.11 Å². The van der Waals surface area contributed by atoms with Crippen molar-refractivity contribution in [3.05, 3.63) is 124 Å². The molecular weight excluding hydrogens is 633 g/mol.